The Kier molecular flexibility index (Phi) is 6.25. The van der Waals surface area contributed by atoms with E-state index in [1.54, 1.807) is 0 Å². The van der Waals surface area contributed by atoms with Crippen molar-refractivity contribution in [3.05, 3.63) is 53.9 Å². The summed E-state index contributed by atoms with van der Waals surface area (Å²) in [5.41, 5.74) is 2.08. The van der Waals surface area contributed by atoms with E-state index < -0.39 is 0 Å². The van der Waals surface area contributed by atoms with Crippen LogP contribution >= 0.6 is 0 Å². The molecule has 1 aliphatic rings. The number of hydrogen-bond donors (Lipinski definition) is 1. The molecule has 1 aliphatic heterocycles. The van der Waals surface area contributed by atoms with Crippen molar-refractivity contribution in [2.24, 2.45) is 0 Å². The van der Waals surface area contributed by atoms with Crippen molar-refractivity contribution in [2.45, 2.75) is 32.5 Å². The van der Waals surface area contributed by atoms with Crippen molar-refractivity contribution in [3.8, 4) is 11.5 Å². The maximum absolute atomic E-state index is 6.34. The second-order valence-corrected chi connectivity index (χ2v) is 5.98. The second kappa shape index (κ2) is 8.83. The minimum Gasteiger partial charge on any atom is -0.490 e. The number of para-hydroxylation sites is 2. The second-order valence-electron chi connectivity index (χ2n) is 5.98. The topological polar surface area (TPSA) is 52.6 Å². The van der Waals surface area contributed by atoms with Crippen molar-refractivity contribution in [3.63, 3.8) is 0 Å². The first-order chi connectivity index (χ1) is 12.3. The van der Waals surface area contributed by atoms with Crippen molar-refractivity contribution >= 4 is 0 Å². The standard InChI is InChI=1S/C20H26N2O3/c1-3-15-9-10-16(22-13-15)20(19-14-21-11-12-24-19)25-18-8-6-5-7-17(18)23-4-2/h5-10,13,19-21H,3-4,11-12,14H2,1-2H3/t19-,20-/m0/s1. The lowest BCUT2D eigenvalue weighted by atomic mass is 10.1. The van der Waals surface area contributed by atoms with E-state index in [0.29, 0.717) is 19.0 Å². The van der Waals surface area contributed by atoms with E-state index in [1.165, 1.54) is 5.56 Å². The van der Waals surface area contributed by atoms with Crippen LogP contribution < -0.4 is 14.8 Å². The third-order valence-corrected chi connectivity index (χ3v) is 4.24. The van der Waals surface area contributed by atoms with Crippen LogP contribution in [0.15, 0.2) is 42.6 Å². The van der Waals surface area contributed by atoms with Gasteiger partial charge in [0.05, 0.1) is 18.9 Å². The molecule has 3 rings (SSSR count). The summed E-state index contributed by atoms with van der Waals surface area (Å²) >= 11 is 0. The molecule has 134 valence electrons. The number of aromatic nitrogens is 1. The van der Waals surface area contributed by atoms with Gasteiger partial charge >= 0.3 is 0 Å². The van der Waals surface area contributed by atoms with Gasteiger partial charge in [-0.2, -0.15) is 0 Å². The molecule has 0 saturated carbocycles. The molecule has 2 heterocycles. The van der Waals surface area contributed by atoms with E-state index in [4.69, 9.17) is 14.2 Å². The van der Waals surface area contributed by atoms with Crippen LogP contribution in [0.3, 0.4) is 0 Å². The third-order valence-electron chi connectivity index (χ3n) is 4.24. The summed E-state index contributed by atoms with van der Waals surface area (Å²) in [7, 11) is 0. The van der Waals surface area contributed by atoms with E-state index in [2.05, 4.69) is 23.3 Å². The summed E-state index contributed by atoms with van der Waals surface area (Å²) in [5, 5.41) is 3.37. The third kappa shape index (κ3) is 4.50. The SMILES string of the molecule is CCOc1ccccc1O[C@@H](c1ccc(CC)cn1)[C@@H]1CNCCO1. The zero-order valence-corrected chi connectivity index (χ0v) is 14.9. The molecule has 2 aromatic rings. The van der Waals surface area contributed by atoms with Gasteiger partial charge in [0, 0.05) is 19.3 Å². The molecule has 1 saturated heterocycles. The number of hydrogen-bond acceptors (Lipinski definition) is 5. The molecule has 0 radical (unpaired) electrons. The maximum atomic E-state index is 6.34. The first kappa shape index (κ1) is 17.7. The number of ether oxygens (including phenoxy) is 3. The smallest absolute Gasteiger partial charge is 0.168 e. The maximum Gasteiger partial charge on any atom is 0.168 e. The molecule has 1 aromatic heterocycles. The van der Waals surface area contributed by atoms with Gasteiger partial charge in [0.2, 0.25) is 0 Å². The highest BCUT2D eigenvalue weighted by Crippen LogP contribution is 2.33. The van der Waals surface area contributed by atoms with E-state index in [9.17, 15) is 0 Å². The minimum atomic E-state index is -0.291. The monoisotopic (exact) mass is 342 g/mol. The highest BCUT2D eigenvalue weighted by Gasteiger charge is 2.29. The zero-order chi connectivity index (χ0) is 17.5. The Hall–Kier alpha value is -2.11. The van der Waals surface area contributed by atoms with Crippen LogP contribution in [0, 0.1) is 0 Å². The van der Waals surface area contributed by atoms with Gasteiger partial charge < -0.3 is 19.5 Å². The van der Waals surface area contributed by atoms with Crippen LogP contribution in [-0.4, -0.2) is 37.4 Å². The minimum absolute atomic E-state index is 0.0941. The quantitative estimate of drug-likeness (QED) is 0.838. The van der Waals surface area contributed by atoms with Gasteiger partial charge in [-0.3, -0.25) is 4.98 Å². The van der Waals surface area contributed by atoms with Gasteiger partial charge in [-0.1, -0.05) is 25.1 Å². The Bertz CT molecular complexity index is 654. The lowest BCUT2D eigenvalue weighted by Crippen LogP contribution is -2.43. The summed E-state index contributed by atoms with van der Waals surface area (Å²) in [6, 6.07) is 11.9. The predicted molar refractivity (Wildman–Crippen MR) is 97.2 cm³/mol. The van der Waals surface area contributed by atoms with Crippen molar-refractivity contribution in [1.29, 1.82) is 0 Å². The summed E-state index contributed by atoms with van der Waals surface area (Å²) in [5.74, 6) is 1.45. The van der Waals surface area contributed by atoms with Crippen LogP contribution in [0.25, 0.3) is 0 Å². The Morgan fingerprint density at radius 1 is 1.20 bits per heavy atom. The van der Waals surface area contributed by atoms with Crippen LogP contribution in [0.2, 0.25) is 0 Å². The Morgan fingerprint density at radius 2 is 2.04 bits per heavy atom. The number of rotatable bonds is 7. The highest BCUT2D eigenvalue weighted by atomic mass is 16.6. The van der Waals surface area contributed by atoms with Crippen LogP contribution in [0.5, 0.6) is 11.5 Å². The lowest BCUT2D eigenvalue weighted by Gasteiger charge is -2.31. The first-order valence-electron chi connectivity index (χ1n) is 8.97. The molecule has 1 N–H and O–H groups in total. The molecule has 2 atom stereocenters. The predicted octanol–water partition coefficient (Wildman–Crippen LogP) is 3.15. The van der Waals surface area contributed by atoms with Gasteiger partial charge in [0.25, 0.3) is 0 Å². The molecule has 25 heavy (non-hydrogen) atoms. The van der Waals surface area contributed by atoms with Crippen molar-refractivity contribution in [2.75, 3.05) is 26.3 Å². The summed E-state index contributed by atoms with van der Waals surface area (Å²) in [6.45, 7) is 6.95. The Labute approximate surface area is 149 Å². The summed E-state index contributed by atoms with van der Waals surface area (Å²) in [6.07, 6.45) is 2.49. The Balaban J connectivity index is 1.88. The summed E-state index contributed by atoms with van der Waals surface area (Å²) in [4.78, 5) is 4.62. The average Bonchev–Trinajstić information content (AvgIpc) is 2.68. The highest BCUT2D eigenvalue weighted by molar-refractivity contribution is 5.40. The van der Waals surface area contributed by atoms with Gasteiger partial charge in [-0.25, -0.2) is 0 Å². The molecule has 0 amide bonds. The van der Waals surface area contributed by atoms with Crippen molar-refractivity contribution in [1.82, 2.24) is 10.3 Å². The molecule has 0 spiro atoms. The van der Waals surface area contributed by atoms with E-state index in [1.807, 2.05) is 43.5 Å². The fraction of sp³-hybridized carbons (Fsp3) is 0.450. The number of pyridine rings is 1. The van der Waals surface area contributed by atoms with Crippen molar-refractivity contribution < 1.29 is 14.2 Å². The fourth-order valence-electron chi connectivity index (χ4n) is 2.88. The van der Waals surface area contributed by atoms with Crippen LogP contribution in [-0.2, 0) is 11.2 Å². The number of benzene rings is 1. The van der Waals surface area contributed by atoms with E-state index in [0.717, 1.165) is 31.0 Å². The number of nitrogens with one attached hydrogen (secondary N) is 1. The normalized spacial score (nSPS) is 18.6. The van der Waals surface area contributed by atoms with Gasteiger partial charge in [-0.05, 0) is 37.1 Å². The zero-order valence-electron chi connectivity index (χ0n) is 14.9. The van der Waals surface area contributed by atoms with E-state index >= 15 is 0 Å². The number of nitrogens with zero attached hydrogens (tertiary/aromatic N) is 1. The number of morpholine rings is 1. The van der Waals surface area contributed by atoms with Gasteiger partial charge in [0.1, 0.15) is 6.10 Å². The largest absolute Gasteiger partial charge is 0.490 e. The van der Waals surface area contributed by atoms with Crippen LogP contribution in [0.1, 0.15) is 31.2 Å². The lowest BCUT2D eigenvalue weighted by molar-refractivity contribution is -0.0453. The molecular formula is C20H26N2O3. The molecule has 1 fully saturated rings. The average molecular weight is 342 g/mol. The fourth-order valence-corrected chi connectivity index (χ4v) is 2.88. The van der Waals surface area contributed by atoms with E-state index in [-0.39, 0.29) is 12.2 Å². The summed E-state index contributed by atoms with van der Waals surface area (Å²) < 4.78 is 18.0. The molecule has 1 aromatic carbocycles. The Morgan fingerprint density at radius 3 is 2.68 bits per heavy atom. The van der Waals surface area contributed by atoms with Gasteiger partial charge in [-0.15, -0.1) is 0 Å². The van der Waals surface area contributed by atoms with Gasteiger partial charge in [0.15, 0.2) is 17.6 Å². The first-order valence-corrected chi connectivity index (χ1v) is 8.97. The molecule has 0 aliphatic carbocycles. The molecule has 5 nitrogen and oxygen atoms in total. The molecule has 5 heteroatoms. The van der Waals surface area contributed by atoms with Crippen LogP contribution in [0.4, 0.5) is 0 Å². The molecule has 0 bridgehead atoms. The molecular weight excluding hydrogens is 316 g/mol. The molecule has 0 unspecified atom stereocenters. The number of aryl methyl sites for hydroxylation is 1.